The largest absolute Gasteiger partial charge is 0.321 e. The molecule has 4 aromatic rings. The van der Waals surface area contributed by atoms with E-state index >= 15 is 0 Å². The molecule has 0 saturated heterocycles. The number of rotatable bonds is 3. The maximum Gasteiger partial charge on any atom is 0.256 e. The van der Waals surface area contributed by atoms with Crippen LogP contribution in [-0.4, -0.2) is 10.9 Å². The van der Waals surface area contributed by atoms with E-state index in [1.807, 2.05) is 85.8 Å². The molecule has 1 aromatic heterocycles. The Morgan fingerprint density at radius 1 is 0.926 bits per heavy atom. The van der Waals surface area contributed by atoms with E-state index in [1.54, 1.807) is 0 Å². The van der Waals surface area contributed by atoms with E-state index in [0.717, 1.165) is 32.3 Å². The molecular formula is C23H17BrN2O. The fraction of sp³-hybridized carbons (Fsp3) is 0.0435. The third-order valence-corrected chi connectivity index (χ3v) is 5.12. The molecule has 3 aromatic carbocycles. The molecule has 4 heteroatoms. The van der Waals surface area contributed by atoms with Crippen LogP contribution in [0, 0.1) is 6.92 Å². The average Bonchev–Trinajstić information content (AvgIpc) is 2.69. The summed E-state index contributed by atoms with van der Waals surface area (Å²) in [5, 5.41) is 3.82. The SMILES string of the molecule is Cc1ccc(-c2cc(C(=O)Nc3ccccc3Br)c3ccccc3n2)cc1. The summed E-state index contributed by atoms with van der Waals surface area (Å²) in [5.41, 5.74) is 5.10. The molecule has 1 amide bonds. The molecule has 1 heterocycles. The number of nitrogens with one attached hydrogen (secondary N) is 1. The van der Waals surface area contributed by atoms with Crippen LogP contribution in [0.1, 0.15) is 15.9 Å². The molecular weight excluding hydrogens is 400 g/mol. The molecule has 3 nitrogen and oxygen atoms in total. The van der Waals surface area contributed by atoms with Gasteiger partial charge in [-0.05, 0) is 47.1 Å². The molecule has 0 radical (unpaired) electrons. The summed E-state index contributed by atoms with van der Waals surface area (Å²) < 4.78 is 0.843. The standard InChI is InChI=1S/C23H17BrN2O/c1-15-10-12-16(13-11-15)22-14-18(17-6-2-4-8-20(17)25-22)23(27)26-21-9-5-3-7-19(21)24/h2-14H,1H3,(H,26,27). The van der Waals surface area contributed by atoms with E-state index in [-0.39, 0.29) is 5.91 Å². The normalized spacial score (nSPS) is 10.7. The number of hydrogen-bond acceptors (Lipinski definition) is 2. The van der Waals surface area contributed by atoms with Crippen molar-refractivity contribution in [2.45, 2.75) is 6.92 Å². The Bertz CT molecular complexity index is 1140. The summed E-state index contributed by atoms with van der Waals surface area (Å²) >= 11 is 3.48. The lowest BCUT2D eigenvalue weighted by Gasteiger charge is -2.11. The van der Waals surface area contributed by atoms with Crippen molar-refractivity contribution in [2.24, 2.45) is 0 Å². The number of carbonyl (C=O) groups excluding carboxylic acids is 1. The second kappa shape index (κ2) is 7.33. The first-order valence-corrected chi connectivity index (χ1v) is 9.44. The third kappa shape index (κ3) is 3.62. The van der Waals surface area contributed by atoms with Crippen molar-refractivity contribution in [3.05, 3.63) is 94.5 Å². The van der Waals surface area contributed by atoms with Gasteiger partial charge in [0.25, 0.3) is 5.91 Å². The van der Waals surface area contributed by atoms with E-state index in [0.29, 0.717) is 5.56 Å². The Hall–Kier alpha value is -2.98. The van der Waals surface area contributed by atoms with Crippen LogP contribution in [0.5, 0.6) is 0 Å². The Labute approximate surface area is 166 Å². The number of amides is 1. The highest BCUT2D eigenvalue weighted by Crippen LogP contribution is 2.27. The van der Waals surface area contributed by atoms with Gasteiger partial charge in [-0.3, -0.25) is 4.79 Å². The van der Waals surface area contributed by atoms with Gasteiger partial charge in [0.1, 0.15) is 0 Å². The monoisotopic (exact) mass is 416 g/mol. The molecule has 0 fully saturated rings. The number of hydrogen-bond donors (Lipinski definition) is 1. The first-order chi connectivity index (χ1) is 13.1. The van der Waals surface area contributed by atoms with Gasteiger partial charge in [0.05, 0.1) is 22.5 Å². The van der Waals surface area contributed by atoms with Gasteiger partial charge in [-0.2, -0.15) is 0 Å². The highest BCUT2D eigenvalue weighted by Gasteiger charge is 2.15. The van der Waals surface area contributed by atoms with Crippen LogP contribution < -0.4 is 5.32 Å². The summed E-state index contributed by atoms with van der Waals surface area (Å²) in [5.74, 6) is -0.158. The highest BCUT2D eigenvalue weighted by atomic mass is 79.9. The number of benzene rings is 3. The van der Waals surface area contributed by atoms with Crippen molar-refractivity contribution in [2.75, 3.05) is 5.32 Å². The molecule has 132 valence electrons. The van der Waals surface area contributed by atoms with Crippen LogP contribution in [0.15, 0.2) is 83.3 Å². The lowest BCUT2D eigenvalue weighted by atomic mass is 10.0. The predicted octanol–water partition coefficient (Wildman–Crippen LogP) is 6.23. The van der Waals surface area contributed by atoms with Crippen molar-refractivity contribution < 1.29 is 4.79 Å². The number of anilines is 1. The van der Waals surface area contributed by atoms with E-state index in [2.05, 4.69) is 21.2 Å². The summed E-state index contributed by atoms with van der Waals surface area (Å²) in [6.45, 7) is 2.05. The topological polar surface area (TPSA) is 42.0 Å². The first kappa shape index (κ1) is 17.4. The minimum Gasteiger partial charge on any atom is -0.321 e. The first-order valence-electron chi connectivity index (χ1n) is 8.64. The number of carbonyl (C=O) groups is 1. The Balaban J connectivity index is 1.82. The van der Waals surface area contributed by atoms with Crippen LogP contribution in [0.4, 0.5) is 5.69 Å². The molecule has 0 aliphatic carbocycles. The van der Waals surface area contributed by atoms with Crippen molar-refractivity contribution >= 4 is 38.4 Å². The van der Waals surface area contributed by atoms with E-state index in [9.17, 15) is 4.79 Å². The lowest BCUT2D eigenvalue weighted by molar-refractivity contribution is 0.102. The van der Waals surface area contributed by atoms with Crippen LogP contribution in [0.25, 0.3) is 22.2 Å². The van der Waals surface area contributed by atoms with Crippen molar-refractivity contribution in [1.29, 1.82) is 0 Å². The molecule has 0 atom stereocenters. The van der Waals surface area contributed by atoms with Crippen molar-refractivity contribution in [3.8, 4) is 11.3 Å². The van der Waals surface area contributed by atoms with E-state index in [4.69, 9.17) is 4.98 Å². The van der Waals surface area contributed by atoms with Gasteiger partial charge in [-0.1, -0.05) is 60.2 Å². The Morgan fingerprint density at radius 3 is 2.41 bits per heavy atom. The fourth-order valence-corrected chi connectivity index (χ4v) is 3.37. The summed E-state index contributed by atoms with van der Waals surface area (Å²) in [4.78, 5) is 17.8. The number of nitrogens with zero attached hydrogens (tertiary/aromatic N) is 1. The molecule has 0 spiro atoms. The van der Waals surface area contributed by atoms with Crippen LogP contribution in [0.2, 0.25) is 0 Å². The van der Waals surface area contributed by atoms with Gasteiger partial charge in [-0.25, -0.2) is 4.98 Å². The molecule has 0 bridgehead atoms. The minimum absolute atomic E-state index is 0.158. The number of pyridine rings is 1. The molecule has 0 saturated carbocycles. The van der Waals surface area contributed by atoms with E-state index in [1.165, 1.54) is 5.56 Å². The van der Waals surface area contributed by atoms with Crippen LogP contribution >= 0.6 is 15.9 Å². The summed E-state index contributed by atoms with van der Waals surface area (Å²) in [6.07, 6.45) is 0. The number of aryl methyl sites for hydroxylation is 1. The number of aromatic nitrogens is 1. The van der Waals surface area contributed by atoms with Crippen LogP contribution in [0.3, 0.4) is 0 Å². The molecule has 1 N–H and O–H groups in total. The number of para-hydroxylation sites is 2. The number of fused-ring (bicyclic) bond motifs is 1. The Morgan fingerprint density at radius 2 is 1.63 bits per heavy atom. The summed E-state index contributed by atoms with van der Waals surface area (Å²) in [6, 6.07) is 25.3. The zero-order valence-electron chi connectivity index (χ0n) is 14.7. The maximum atomic E-state index is 13.1. The highest BCUT2D eigenvalue weighted by molar-refractivity contribution is 9.10. The lowest BCUT2D eigenvalue weighted by Crippen LogP contribution is -2.13. The molecule has 0 aliphatic rings. The van der Waals surface area contributed by atoms with Gasteiger partial charge in [0.15, 0.2) is 0 Å². The minimum atomic E-state index is -0.158. The zero-order valence-corrected chi connectivity index (χ0v) is 16.3. The van der Waals surface area contributed by atoms with Gasteiger partial charge in [-0.15, -0.1) is 0 Å². The molecule has 0 aliphatic heterocycles. The molecule has 27 heavy (non-hydrogen) atoms. The quantitative estimate of drug-likeness (QED) is 0.430. The second-order valence-corrected chi connectivity index (χ2v) is 7.23. The zero-order chi connectivity index (χ0) is 18.8. The fourth-order valence-electron chi connectivity index (χ4n) is 2.99. The third-order valence-electron chi connectivity index (χ3n) is 4.43. The molecule has 0 unspecified atom stereocenters. The predicted molar refractivity (Wildman–Crippen MR) is 114 cm³/mol. The molecule has 4 rings (SSSR count). The van der Waals surface area contributed by atoms with Gasteiger partial charge in [0, 0.05) is 15.4 Å². The van der Waals surface area contributed by atoms with Crippen LogP contribution in [-0.2, 0) is 0 Å². The summed E-state index contributed by atoms with van der Waals surface area (Å²) in [7, 11) is 0. The van der Waals surface area contributed by atoms with E-state index < -0.39 is 0 Å². The van der Waals surface area contributed by atoms with Gasteiger partial charge < -0.3 is 5.32 Å². The Kier molecular flexibility index (Phi) is 4.73. The number of halogens is 1. The van der Waals surface area contributed by atoms with Gasteiger partial charge in [0.2, 0.25) is 0 Å². The second-order valence-electron chi connectivity index (χ2n) is 6.37. The van der Waals surface area contributed by atoms with Crippen molar-refractivity contribution in [1.82, 2.24) is 4.98 Å². The smallest absolute Gasteiger partial charge is 0.256 e. The van der Waals surface area contributed by atoms with Crippen molar-refractivity contribution in [3.63, 3.8) is 0 Å². The maximum absolute atomic E-state index is 13.1. The average molecular weight is 417 g/mol. The van der Waals surface area contributed by atoms with Gasteiger partial charge >= 0.3 is 0 Å².